The molecule has 3 aliphatic rings. The van der Waals surface area contributed by atoms with Crippen molar-refractivity contribution in [3.05, 3.63) is 75.4 Å². The molecular formula is C34H34N2O10. The van der Waals surface area contributed by atoms with Gasteiger partial charge >= 0.3 is 11.9 Å². The van der Waals surface area contributed by atoms with Crippen LogP contribution in [0.25, 0.3) is 33.4 Å². The molecule has 0 radical (unpaired) electrons. The molecule has 1 aliphatic carbocycles. The Bertz CT molecular complexity index is 1840. The highest BCUT2D eigenvalue weighted by Gasteiger charge is 2.32. The summed E-state index contributed by atoms with van der Waals surface area (Å²) >= 11 is 0. The van der Waals surface area contributed by atoms with Gasteiger partial charge in [-0.1, -0.05) is 12.5 Å². The number of carboxylic acids is 1. The van der Waals surface area contributed by atoms with Gasteiger partial charge in [0.05, 0.1) is 5.56 Å². The number of phenolic OH excluding ortho intramolecular Hbond substituents is 1. The summed E-state index contributed by atoms with van der Waals surface area (Å²) in [4.78, 5) is 72.8. The van der Waals surface area contributed by atoms with E-state index < -0.39 is 23.8 Å². The fraction of sp³-hybridized carbons (Fsp3) is 0.294. The summed E-state index contributed by atoms with van der Waals surface area (Å²) in [7, 11) is 0. The highest BCUT2D eigenvalue weighted by atomic mass is 16.7. The number of phenols is 1. The number of nitrogens with zero attached hydrogens (tertiary/aromatic N) is 1. The maximum Gasteiger partial charge on any atom is 0.336 e. The number of aromatic carboxylic acids is 1. The molecule has 0 aromatic heterocycles. The summed E-state index contributed by atoms with van der Waals surface area (Å²) in [6.45, 7) is 5.81. The Hall–Kier alpha value is -5.52. The smallest absolute Gasteiger partial charge is 0.336 e. The summed E-state index contributed by atoms with van der Waals surface area (Å²) in [6.07, 6.45) is 2.48. The molecule has 0 unspecified atom stereocenters. The number of carboxylic acid groups (broad SMARTS) is 1. The molecule has 3 N–H and O–H groups in total. The Morgan fingerprint density at radius 2 is 1.59 bits per heavy atom. The van der Waals surface area contributed by atoms with E-state index in [9.17, 15) is 39.0 Å². The zero-order valence-electron chi connectivity index (χ0n) is 25.7. The Balaban J connectivity index is 0.000000224. The first-order valence-electron chi connectivity index (χ1n) is 14.7. The lowest BCUT2D eigenvalue weighted by Gasteiger charge is -2.18. The standard InChI is InChI=1S/C22H16O5.C12H18N2O5/c1-11-7-17(18(22(25)26)8-12(11)2)21-15-5-3-13(23)9-19(15)27-20-10-14(24)4-6-16(20)21;1-9(15)13-8-4-2-3-5-12(18)19-14-10(16)6-7-11(14)17/h3-10,23H,1-2H3,(H,25,26);2-8H2,1H3,(H,13,15). The van der Waals surface area contributed by atoms with E-state index in [1.807, 2.05) is 19.9 Å². The molecule has 12 nitrogen and oxygen atoms in total. The van der Waals surface area contributed by atoms with Gasteiger partial charge in [-0.05, 0) is 73.7 Å². The number of hydroxylamine groups is 2. The van der Waals surface area contributed by atoms with Crippen LogP contribution in [-0.2, 0) is 24.0 Å². The van der Waals surface area contributed by atoms with Crippen LogP contribution in [0.3, 0.4) is 0 Å². The predicted octanol–water partition coefficient (Wildman–Crippen LogP) is 4.88. The largest absolute Gasteiger partial charge is 0.508 e. The summed E-state index contributed by atoms with van der Waals surface area (Å²) in [6, 6.07) is 12.6. The third-order valence-corrected chi connectivity index (χ3v) is 7.44. The average molecular weight is 631 g/mol. The third kappa shape index (κ3) is 7.95. The quantitative estimate of drug-likeness (QED) is 0.131. The van der Waals surface area contributed by atoms with Crippen molar-refractivity contribution < 1.29 is 43.4 Å². The van der Waals surface area contributed by atoms with Crippen LogP contribution in [0.15, 0.2) is 57.7 Å². The Morgan fingerprint density at radius 3 is 2.26 bits per heavy atom. The number of carbonyl (C=O) groups excluding carboxylic acids is 4. The number of benzene rings is 3. The maximum atomic E-state index is 11.9. The summed E-state index contributed by atoms with van der Waals surface area (Å²) < 4.78 is 5.82. The van der Waals surface area contributed by atoms with Gasteiger partial charge in [0.25, 0.3) is 11.8 Å². The normalized spacial score (nSPS) is 12.6. The zero-order valence-corrected chi connectivity index (χ0v) is 25.7. The van der Waals surface area contributed by atoms with E-state index in [0.717, 1.165) is 24.0 Å². The van der Waals surface area contributed by atoms with Crippen molar-refractivity contribution in [3.8, 4) is 28.2 Å². The number of amides is 3. The predicted molar refractivity (Wildman–Crippen MR) is 167 cm³/mol. The van der Waals surface area contributed by atoms with Crippen LogP contribution in [0.2, 0.25) is 0 Å². The lowest BCUT2D eigenvalue weighted by atomic mass is 9.88. The van der Waals surface area contributed by atoms with Crippen molar-refractivity contribution >= 4 is 40.6 Å². The van der Waals surface area contributed by atoms with E-state index in [1.54, 1.807) is 18.2 Å². The number of hydrogen-bond donors (Lipinski definition) is 3. The molecule has 2 aliphatic heterocycles. The minimum atomic E-state index is -1.03. The molecule has 1 fully saturated rings. The number of nitrogens with one attached hydrogen (secondary N) is 1. The van der Waals surface area contributed by atoms with E-state index in [2.05, 4.69) is 5.32 Å². The van der Waals surface area contributed by atoms with Crippen molar-refractivity contribution in [1.29, 1.82) is 0 Å². The van der Waals surface area contributed by atoms with Gasteiger partial charge in [0.15, 0.2) is 5.43 Å². The minimum absolute atomic E-state index is 0.0216. The minimum Gasteiger partial charge on any atom is -0.508 e. The molecule has 0 atom stereocenters. The van der Waals surface area contributed by atoms with E-state index in [1.165, 1.54) is 31.2 Å². The first kappa shape index (κ1) is 33.4. The van der Waals surface area contributed by atoms with E-state index in [0.29, 0.717) is 51.4 Å². The van der Waals surface area contributed by atoms with Gasteiger partial charge in [0.2, 0.25) is 5.91 Å². The van der Waals surface area contributed by atoms with Gasteiger partial charge in [-0.15, -0.1) is 5.06 Å². The number of unbranched alkanes of at least 4 members (excludes halogenated alkanes) is 2. The molecule has 12 heteroatoms. The van der Waals surface area contributed by atoms with Gasteiger partial charge in [0, 0.05) is 61.4 Å². The van der Waals surface area contributed by atoms with Crippen LogP contribution < -0.4 is 10.7 Å². The van der Waals surface area contributed by atoms with Crippen LogP contribution >= 0.6 is 0 Å². The van der Waals surface area contributed by atoms with Crippen molar-refractivity contribution in [2.24, 2.45) is 0 Å². The molecule has 5 rings (SSSR count). The molecule has 2 aromatic rings. The molecule has 0 spiro atoms. The third-order valence-electron chi connectivity index (χ3n) is 7.44. The Labute approximate surface area is 263 Å². The SMILES string of the molecule is CC(=O)NCCCCCC(=O)ON1C(=O)CCC1=O.Cc1cc(C(=O)O)c(-c2c3ccc(=O)cc-3oc3cc(O)ccc23)cc1C. The van der Waals surface area contributed by atoms with Crippen molar-refractivity contribution in [3.63, 3.8) is 0 Å². The fourth-order valence-electron chi connectivity index (χ4n) is 4.99. The van der Waals surface area contributed by atoms with Crippen LogP contribution in [-0.4, -0.2) is 51.5 Å². The van der Waals surface area contributed by atoms with Crippen molar-refractivity contribution in [1.82, 2.24) is 10.4 Å². The second-order valence-corrected chi connectivity index (χ2v) is 10.9. The fourth-order valence-corrected chi connectivity index (χ4v) is 4.99. The lowest BCUT2D eigenvalue weighted by Crippen LogP contribution is -2.31. The molecular weight excluding hydrogens is 596 g/mol. The highest BCUT2D eigenvalue weighted by Crippen LogP contribution is 2.42. The molecule has 2 heterocycles. The van der Waals surface area contributed by atoms with Crippen molar-refractivity contribution in [2.75, 3.05) is 6.54 Å². The van der Waals surface area contributed by atoms with E-state index >= 15 is 0 Å². The maximum absolute atomic E-state index is 11.9. The number of hydrogen-bond acceptors (Lipinski definition) is 9. The second kappa shape index (κ2) is 14.5. The molecule has 46 heavy (non-hydrogen) atoms. The lowest BCUT2D eigenvalue weighted by molar-refractivity contribution is -0.197. The van der Waals surface area contributed by atoms with Crippen molar-refractivity contribution in [2.45, 2.75) is 59.3 Å². The molecule has 0 saturated carbocycles. The molecule has 240 valence electrons. The number of rotatable bonds is 9. The second-order valence-electron chi connectivity index (χ2n) is 10.9. The number of aromatic hydroxyl groups is 1. The van der Waals surface area contributed by atoms with Crippen LogP contribution in [0.1, 0.15) is 66.9 Å². The first-order valence-corrected chi connectivity index (χ1v) is 14.7. The van der Waals surface area contributed by atoms with E-state index in [4.69, 9.17) is 9.25 Å². The first-order chi connectivity index (χ1) is 21.8. The molecule has 3 amide bonds. The number of carbonyl (C=O) groups is 5. The van der Waals surface area contributed by atoms with Gasteiger partial charge in [-0.2, -0.15) is 0 Å². The van der Waals surface area contributed by atoms with Crippen LogP contribution in [0.4, 0.5) is 0 Å². The van der Waals surface area contributed by atoms with Crippen LogP contribution in [0, 0.1) is 13.8 Å². The molecule has 2 aromatic carbocycles. The Morgan fingerprint density at radius 1 is 0.891 bits per heavy atom. The number of fused-ring (bicyclic) bond motifs is 2. The zero-order chi connectivity index (χ0) is 33.5. The molecule has 0 bridgehead atoms. The summed E-state index contributed by atoms with van der Waals surface area (Å²) in [5, 5.41) is 23.5. The van der Waals surface area contributed by atoms with Gasteiger partial charge in [0.1, 0.15) is 17.1 Å². The van der Waals surface area contributed by atoms with Gasteiger partial charge < -0.3 is 24.8 Å². The highest BCUT2D eigenvalue weighted by molar-refractivity contribution is 6.08. The van der Waals surface area contributed by atoms with Gasteiger partial charge in [-0.25, -0.2) is 9.59 Å². The monoisotopic (exact) mass is 630 g/mol. The van der Waals surface area contributed by atoms with Crippen LogP contribution in [0.5, 0.6) is 5.75 Å². The van der Waals surface area contributed by atoms with Gasteiger partial charge in [-0.3, -0.25) is 19.2 Å². The number of imide groups is 1. The Kier molecular flexibility index (Phi) is 10.5. The summed E-state index contributed by atoms with van der Waals surface area (Å²) in [5.41, 5.74) is 4.01. The topological polar surface area (TPSA) is 181 Å². The number of aryl methyl sites for hydroxylation is 2. The van der Waals surface area contributed by atoms with E-state index in [-0.39, 0.29) is 41.9 Å². The molecule has 1 saturated heterocycles. The summed E-state index contributed by atoms with van der Waals surface area (Å²) in [5.74, 6) is -2.27. The average Bonchev–Trinajstić information content (AvgIpc) is 3.31.